The maximum Gasteiger partial charge on any atom is 2.00 e. The van der Waals surface area contributed by atoms with E-state index in [0.29, 0.717) is 0 Å². The van der Waals surface area contributed by atoms with Crippen molar-refractivity contribution in [2.24, 2.45) is 7.05 Å². The molecule has 46 heavy (non-hydrogen) atoms. The predicted octanol–water partition coefficient (Wildman–Crippen LogP) is 9.18. The Morgan fingerprint density at radius 2 is 1.50 bits per heavy atom. The second-order valence-electron chi connectivity index (χ2n) is 11.6. The first-order valence-corrected chi connectivity index (χ1v) is 15.6. The molecule has 0 atom stereocenters. The van der Waals surface area contributed by atoms with E-state index in [1.807, 2.05) is 42.6 Å². The van der Waals surface area contributed by atoms with Crippen LogP contribution in [0.25, 0.3) is 50.0 Å². The van der Waals surface area contributed by atoms with Gasteiger partial charge < -0.3 is 11.0 Å². The molecule has 4 aromatic carbocycles. The summed E-state index contributed by atoms with van der Waals surface area (Å²) in [6.07, 6.45) is 12.8. The molecule has 0 saturated carbocycles. The summed E-state index contributed by atoms with van der Waals surface area (Å²) in [4.78, 5) is 4.86. The molecule has 3 aromatic heterocycles. The van der Waals surface area contributed by atoms with Crippen LogP contribution in [0.4, 0.5) is 0 Å². The average molecular weight is 687 g/mol. The third kappa shape index (κ3) is 4.98. The fourth-order valence-electron chi connectivity index (χ4n) is 7.16. The Morgan fingerprint density at radius 1 is 0.804 bits per heavy atom. The number of para-hydroxylation sites is 1. The van der Waals surface area contributed by atoms with Crippen LogP contribution in [0.15, 0.2) is 128 Å². The average Bonchev–Trinajstić information content (AvgIpc) is 3.59. The van der Waals surface area contributed by atoms with Gasteiger partial charge >= 0.3 is 20.4 Å². The van der Waals surface area contributed by atoms with E-state index in [0.717, 1.165) is 46.5 Å². The number of hydrogen-bond donors (Lipinski definition) is 0. The Kier molecular flexibility index (Phi) is 8.75. The van der Waals surface area contributed by atoms with Crippen LogP contribution in [0.2, 0.25) is 0 Å². The summed E-state index contributed by atoms with van der Waals surface area (Å²) in [5.41, 5.74) is 11.7. The van der Waals surface area contributed by atoms with Crippen molar-refractivity contribution in [3.05, 3.63) is 157 Å². The van der Waals surface area contributed by atoms with Crippen molar-refractivity contribution in [3.63, 3.8) is 0 Å². The van der Waals surface area contributed by atoms with Gasteiger partial charge in [-0.15, -0.1) is 35.4 Å². The maximum absolute atomic E-state index is 6.69. The van der Waals surface area contributed by atoms with Gasteiger partial charge in [0.15, 0.2) is 6.20 Å². The Morgan fingerprint density at radius 3 is 2.24 bits per heavy atom. The molecule has 0 fully saturated rings. The van der Waals surface area contributed by atoms with Gasteiger partial charge in [-0.05, 0) is 48.4 Å². The molecule has 1 aliphatic rings. The van der Waals surface area contributed by atoms with E-state index < -0.39 is 0 Å². The molecule has 8 rings (SSSR count). The molecule has 1 aliphatic carbocycles. The van der Waals surface area contributed by atoms with Crippen molar-refractivity contribution in [1.82, 2.24) is 9.55 Å². The molecule has 3 heterocycles. The summed E-state index contributed by atoms with van der Waals surface area (Å²) < 4.78 is 4.51. The fraction of sp³-hybridized carbons (Fsp3) is 0.143. The quantitative estimate of drug-likeness (QED) is 0.0784. The second-order valence-corrected chi connectivity index (χ2v) is 11.6. The minimum Gasteiger partial charge on any atom is -0.366 e. The first kappa shape index (κ1) is 31.2. The number of aromatic nitrogens is 3. The largest absolute Gasteiger partial charge is 2.00 e. The number of rotatable bonds is 4. The zero-order valence-electron chi connectivity index (χ0n) is 26.2. The van der Waals surface area contributed by atoms with E-state index in [1.54, 1.807) is 0 Å². The van der Waals surface area contributed by atoms with Gasteiger partial charge in [-0.3, -0.25) is 5.92 Å². The van der Waals surface area contributed by atoms with Gasteiger partial charge in [-0.25, -0.2) is 9.55 Å². The van der Waals surface area contributed by atoms with E-state index in [2.05, 4.69) is 127 Å². The Labute approximate surface area is 285 Å². The maximum atomic E-state index is 6.69. The number of nitrogens with zero attached hydrogens (tertiary/aromatic N) is 3. The van der Waals surface area contributed by atoms with Gasteiger partial charge in [-0.2, -0.15) is 0 Å². The molecule has 0 spiro atoms. The van der Waals surface area contributed by atoms with Crippen LogP contribution in [0.5, 0.6) is 0 Å². The number of fused-ring (bicyclic) bond motifs is 6. The van der Waals surface area contributed by atoms with Crippen molar-refractivity contribution in [2.45, 2.75) is 32.1 Å². The number of benzene rings is 4. The summed E-state index contributed by atoms with van der Waals surface area (Å²) in [6.45, 7) is 4.66. The van der Waals surface area contributed by atoms with Crippen LogP contribution in [-0.4, -0.2) is 9.55 Å². The Hall–Kier alpha value is -4.80. The Balaban J connectivity index is 0.000000363. The second kappa shape index (κ2) is 12.9. The standard InChI is InChI=1S/C34H29N3.C8H5.Pd/c1-4-34(5-2)28-16-8-6-14-26(28)32-27(30-17-10-11-20-36(30)3)21-23(22-29(32)34)37-31-18-9-7-13-24(31)25-15-12-19-35-33(25)37;1-2-8-6-4-3-5-7-8;/h6-20,22H,4-5H2,1-3H3;3-7H;/q;-1;+2. The van der Waals surface area contributed by atoms with Gasteiger partial charge in [-0.1, -0.05) is 97.3 Å². The fourth-order valence-corrected chi connectivity index (χ4v) is 7.16. The molecule has 7 aromatic rings. The van der Waals surface area contributed by atoms with E-state index in [9.17, 15) is 0 Å². The summed E-state index contributed by atoms with van der Waals surface area (Å²) in [6, 6.07) is 43.9. The zero-order valence-corrected chi connectivity index (χ0v) is 27.8. The number of pyridine rings is 2. The summed E-state index contributed by atoms with van der Waals surface area (Å²) >= 11 is 0. The molecular formula is C42H34N3Pd+. The van der Waals surface area contributed by atoms with Crippen molar-refractivity contribution in [3.8, 4) is 34.0 Å². The normalized spacial score (nSPS) is 12.4. The molecule has 4 heteroatoms. The minimum absolute atomic E-state index is 0. The third-order valence-electron chi connectivity index (χ3n) is 9.39. The topological polar surface area (TPSA) is 21.7 Å². The van der Waals surface area contributed by atoms with Crippen LogP contribution in [0, 0.1) is 18.4 Å². The molecule has 226 valence electrons. The van der Waals surface area contributed by atoms with Crippen molar-refractivity contribution in [1.29, 1.82) is 0 Å². The Bertz CT molecular complexity index is 2170. The van der Waals surface area contributed by atoms with Crippen LogP contribution in [-0.2, 0) is 32.9 Å². The molecule has 0 unspecified atom stereocenters. The molecule has 0 bridgehead atoms. The van der Waals surface area contributed by atoms with Gasteiger partial charge in [0.05, 0.1) is 5.52 Å². The predicted molar refractivity (Wildman–Crippen MR) is 183 cm³/mol. The molecule has 0 aliphatic heterocycles. The number of hydrogen-bond acceptors (Lipinski definition) is 1. The van der Waals surface area contributed by atoms with E-state index in [4.69, 9.17) is 11.4 Å². The van der Waals surface area contributed by atoms with Crippen molar-refractivity contribution in [2.75, 3.05) is 0 Å². The SMILES string of the molecule is CCC1(CC)c2ccccc2-c2c(-c3cccc[n+]3C)[c-]c(-n3c4ccccc4c4cccnc43)cc21.[C-]#Cc1ccccc1.[Pd+2]. The summed E-state index contributed by atoms with van der Waals surface area (Å²) in [5.74, 6) is 2.28. The minimum atomic E-state index is -0.0376. The molecule has 0 N–H and O–H groups in total. The van der Waals surface area contributed by atoms with Gasteiger partial charge in [0, 0.05) is 28.5 Å². The summed E-state index contributed by atoms with van der Waals surface area (Å²) in [5, 5.41) is 2.38. The zero-order chi connectivity index (χ0) is 31.0. The van der Waals surface area contributed by atoms with E-state index >= 15 is 0 Å². The molecule has 0 amide bonds. The van der Waals surface area contributed by atoms with Crippen LogP contribution in [0.1, 0.15) is 43.4 Å². The summed E-state index contributed by atoms with van der Waals surface area (Å²) in [7, 11) is 2.12. The molecule has 0 radical (unpaired) electrons. The monoisotopic (exact) mass is 686 g/mol. The van der Waals surface area contributed by atoms with Gasteiger partial charge in [0.1, 0.15) is 18.4 Å². The van der Waals surface area contributed by atoms with Crippen LogP contribution < -0.4 is 4.57 Å². The van der Waals surface area contributed by atoms with Gasteiger partial charge in [0.2, 0.25) is 0 Å². The first-order valence-electron chi connectivity index (χ1n) is 15.6. The van der Waals surface area contributed by atoms with Crippen molar-refractivity contribution >= 4 is 21.9 Å². The van der Waals surface area contributed by atoms with Gasteiger partial charge in [0.25, 0.3) is 0 Å². The van der Waals surface area contributed by atoms with E-state index in [-0.39, 0.29) is 25.8 Å². The van der Waals surface area contributed by atoms with E-state index in [1.165, 1.54) is 33.0 Å². The smallest absolute Gasteiger partial charge is 0.366 e. The van der Waals surface area contributed by atoms with Crippen LogP contribution >= 0.6 is 0 Å². The molecule has 3 nitrogen and oxygen atoms in total. The van der Waals surface area contributed by atoms with Crippen molar-refractivity contribution < 1.29 is 25.0 Å². The van der Waals surface area contributed by atoms with Crippen LogP contribution in [0.3, 0.4) is 0 Å². The number of aryl methyl sites for hydroxylation is 1. The third-order valence-corrected chi connectivity index (χ3v) is 9.39. The first-order chi connectivity index (χ1) is 22.1. The molecular weight excluding hydrogens is 653 g/mol. The molecule has 0 saturated heterocycles.